The Labute approximate surface area is 145 Å². The maximum Gasteiger partial charge on any atom is 0.224 e. The molecule has 0 saturated carbocycles. The van der Waals surface area contributed by atoms with E-state index in [1.54, 1.807) is 24.3 Å². The van der Waals surface area contributed by atoms with Crippen LogP contribution in [0.1, 0.15) is 30.1 Å². The summed E-state index contributed by atoms with van der Waals surface area (Å²) in [6.07, 6.45) is 1.32. The van der Waals surface area contributed by atoms with Crippen LogP contribution in [0.5, 0.6) is 0 Å². The van der Waals surface area contributed by atoms with Gasteiger partial charge in [0.1, 0.15) is 0 Å². The Kier molecular flexibility index (Phi) is 6.68. The third kappa shape index (κ3) is 5.73. The number of benzene rings is 2. The van der Waals surface area contributed by atoms with Crippen molar-refractivity contribution >= 4 is 40.7 Å². The Morgan fingerprint density at radius 2 is 1.87 bits per heavy atom. The van der Waals surface area contributed by atoms with Gasteiger partial charge >= 0.3 is 0 Å². The second-order valence-corrected chi connectivity index (χ2v) is 6.53. The van der Waals surface area contributed by atoms with Gasteiger partial charge in [-0.25, -0.2) is 0 Å². The summed E-state index contributed by atoms with van der Waals surface area (Å²) in [4.78, 5) is 24.7. The highest BCUT2D eigenvalue weighted by atomic mass is 35.5. The van der Waals surface area contributed by atoms with Crippen LogP contribution in [0.3, 0.4) is 0 Å². The molecule has 2 rings (SSSR count). The van der Waals surface area contributed by atoms with Gasteiger partial charge in [-0.15, -0.1) is 11.8 Å². The topological polar surface area (TPSA) is 46.2 Å². The standard InChI is InChI=1S/C18H18ClNO2S/c1-2-4-18(22)20-15-5-3-6-16(11-15)23-12-17(21)13-7-9-14(19)10-8-13/h3,5-11H,2,4,12H2,1H3,(H,20,22). The summed E-state index contributed by atoms with van der Waals surface area (Å²) < 4.78 is 0. The molecule has 2 aromatic rings. The number of hydrogen-bond acceptors (Lipinski definition) is 3. The lowest BCUT2D eigenvalue weighted by Crippen LogP contribution is -2.10. The van der Waals surface area contributed by atoms with Gasteiger partial charge in [0.25, 0.3) is 0 Å². The third-order valence-electron chi connectivity index (χ3n) is 3.13. The minimum atomic E-state index is 0.00638. The second-order valence-electron chi connectivity index (χ2n) is 5.04. The van der Waals surface area contributed by atoms with Crippen LogP contribution in [0.25, 0.3) is 0 Å². The van der Waals surface area contributed by atoms with Crippen LogP contribution in [-0.2, 0) is 4.79 Å². The molecular formula is C18H18ClNO2S. The molecule has 0 fully saturated rings. The van der Waals surface area contributed by atoms with Crippen molar-refractivity contribution in [2.24, 2.45) is 0 Å². The van der Waals surface area contributed by atoms with Gasteiger partial charge in [-0.3, -0.25) is 9.59 Å². The van der Waals surface area contributed by atoms with Crippen molar-refractivity contribution in [1.82, 2.24) is 0 Å². The Morgan fingerprint density at radius 1 is 1.13 bits per heavy atom. The summed E-state index contributed by atoms with van der Waals surface area (Å²) in [5.74, 6) is 0.396. The summed E-state index contributed by atoms with van der Waals surface area (Å²) in [6, 6.07) is 14.4. The van der Waals surface area contributed by atoms with Gasteiger partial charge < -0.3 is 5.32 Å². The van der Waals surface area contributed by atoms with Gasteiger partial charge in [0.05, 0.1) is 5.75 Å². The van der Waals surface area contributed by atoms with Gasteiger partial charge in [0.2, 0.25) is 5.91 Å². The normalized spacial score (nSPS) is 10.3. The lowest BCUT2D eigenvalue weighted by molar-refractivity contribution is -0.116. The largest absolute Gasteiger partial charge is 0.326 e. The van der Waals surface area contributed by atoms with E-state index in [1.807, 2.05) is 31.2 Å². The number of hydrogen-bond donors (Lipinski definition) is 1. The molecule has 1 N–H and O–H groups in total. The van der Waals surface area contributed by atoms with Gasteiger partial charge in [-0.1, -0.05) is 24.6 Å². The molecular weight excluding hydrogens is 330 g/mol. The molecule has 0 radical (unpaired) electrons. The van der Waals surface area contributed by atoms with Crippen molar-refractivity contribution < 1.29 is 9.59 Å². The minimum absolute atomic E-state index is 0.00638. The summed E-state index contributed by atoms with van der Waals surface area (Å²) in [5, 5.41) is 3.47. The molecule has 0 unspecified atom stereocenters. The monoisotopic (exact) mass is 347 g/mol. The molecule has 0 saturated heterocycles. The zero-order chi connectivity index (χ0) is 16.7. The molecule has 0 aliphatic rings. The van der Waals surface area contributed by atoms with E-state index < -0.39 is 0 Å². The van der Waals surface area contributed by atoms with Crippen molar-refractivity contribution in [1.29, 1.82) is 0 Å². The molecule has 3 nitrogen and oxygen atoms in total. The minimum Gasteiger partial charge on any atom is -0.326 e. The van der Waals surface area contributed by atoms with E-state index in [0.717, 1.165) is 17.0 Å². The smallest absolute Gasteiger partial charge is 0.224 e. The molecule has 0 atom stereocenters. The molecule has 0 aromatic heterocycles. The zero-order valence-electron chi connectivity index (χ0n) is 12.8. The van der Waals surface area contributed by atoms with Gasteiger partial charge in [0.15, 0.2) is 5.78 Å². The van der Waals surface area contributed by atoms with Gasteiger partial charge in [0, 0.05) is 27.6 Å². The SMILES string of the molecule is CCCC(=O)Nc1cccc(SCC(=O)c2ccc(Cl)cc2)c1. The Balaban J connectivity index is 1.94. The number of carbonyl (C=O) groups is 2. The van der Waals surface area contributed by atoms with Crippen LogP contribution in [0, 0.1) is 0 Å². The zero-order valence-corrected chi connectivity index (χ0v) is 14.4. The number of carbonyl (C=O) groups excluding carboxylic acids is 2. The van der Waals surface area contributed by atoms with E-state index in [0.29, 0.717) is 22.8 Å². The highest BCUT2D eigenvalue weighted by molar-refractivity contribution is 8.00. The fourth-order valence-electron chi connectivity index (χ4n) is 1.98. The average molecular weight is 348 g/mol. The first-order chi connectivity index (χ1) is 11.1. The van der Waals surface area contributed by atoms with Crippen molar-refractivity contribution in [2.75, 3.05) is 11.1 Å². The van der Waals surface area contributed by atoms with Crippen molar-refractivity contribution in [3.63, 3.8) is 0 Å². The molecule has 0 bridgehead atoms. The maximum absolute atomic E-state index is 12.1. The van der Waals surface area contributed by atoms with Crippen LogP contribution >= 0.6 is 23.4 Å². The fraction of sp³-hybridized carbons (Fsp3) is 0.222. The molecule has 0 aliphatic heterocycles. The number of anilines is 1. The number of nitrogens with one attached hydrogen (secondary N) is 1. The molecule has 5 heteroatoms. The van der Waals surface area contributed by atoms with Crippen molar-refractivity contribution in [3.8, 4) is 0 Å². The molecule has 120 valence electrons. The van der Waals surface area contributed by atoms with Crippen molar-refractivity contribution in [2.45, 2.75) is 24.7 Å². The highest BCUT2D eigenvalue weighted by Gasteiger charge is 2.07. The first-order valence-electron chi connectivity index (χ1n) is 7.40. The quantitative estimate of drug-likeness (QED) is 0.563. The van der Waals surface area contributed by atoms with E-state index in [4.69, 9.17) is 11.6 Å². The number of thioether (sulfide) groups is 1. The number of halogens is 1. The Bertz CT molecular complexity index is 686. The average Bonchev–Trinajstić information content (AvgIpc) is 2.54. The van der Waals surface area contributed by atoms with Crippen LogP contribution < -0.4 is 5.32 Å². The number of amides is 1. The van der Waals surface area contributed by atoms with E-state index in [9.17, 15) is 9.59 Å². The van der Waals surface area contributed by atoms with Crippen LogP contribution in [-0.4, -0.2) is 17.4 Å². The number of Topliss-reactive ketones (excluding diaryl/α,β-unsaturated/α-hetero) is 1. The van der Waals surface area contributed by atoms with Crippen LogP contribution in [0.4, 0.5) is 5.69 Å². The van der Waals surface area contributed by atoms with Crippen LogP contribution in [0.2, 0.25) is 5.02 Å². The maximum atomic E-state index is 12.1. The second kappa shape index (κ2) is 8.75. The Hall–Kier alpha value is -1.78. The molecule has 1 amide bonds. The predicted octanol–water partition coefficient (Wildman–Crippen LogP) is 5.05. The Morgan fingerprint density at radius 3 is 2.57 bits per heavy atom. The lowest BCUT2D eigenvalue weighted by atomic mass is 10.1. The van der Waals surface area contributed by atoms with Gasteiger partial charge in [-0.05, 0) is 48.9 Å². The van der Waals surface area contributed by atoms with E-state index in [-0.39, 0.29) is 11.7 Å². The van der Waals surface area contributed by atoms with E-state index >= 15 is 0 Å². The fourth-order valence-corrected chi connectivity index (χ4v) is 2.96. The summed E-state index contributed by atoms with van der Waals surface area (Å²) in [6.45, 7) is 1.97. The van der Waals surface area contributed by atoms with Gasteiger partial charge in [-0.2, -0.15) is 0 Å². The molecule has 23 heavy (non-hydrogen) atoms. The van der Waals surface area contributed by atoms with Crippen LogP contribution in [0.15, 0.2) is 53.4 Å². The van der Waals surface area contributed by atoms with E-state index in [1.165, 1.54) is 11.8 Å². The molecule has 0 heterocycles. The van der Waals surface area contributed by atoms with E-state index in [2.05, 4.69) is 5.32 Å². The summed E-state index contributed by atoms with van der Waals surface area (Å²) in [7, 11) is 0. The van der Waals surface area contributed by atoms with Crippen molar-refractivity contribution in [3.05, 3.63) is 59.1 Å². The first-order valence-corrected chi connectivity index (χ1v) is 8.76. The number of rotatable bonds is 7. The predicted molar refractivity (Wildman–Crippen MR) is 96.5 cm³/mol. The summed E-state index contributed by atoms with van der Waals surface area (Å²) >= 11 is 7.27. The molecule has 0 aliphatic carbocycles. The number of ketones is 1. The third-order valence-corrected chi connectivity index (χ3v) is 4.38. The lowest BCUT2D eigenvalue weighted by Gasteiger charge is -2.07. The first kappa shape index (κ1) is 17.6. The molecule has 2 aromatic carbocycles. The highest BCUT2D eigenvalue weighted by Crippen LogP contribution is 2.23. The summed E-state index contributed by atoms with van der Waals surface area (Å²) in [5.41, 5.74) is 1.40. The molecule has 0 spiro atoms.